The minimum absolute atomic E-state index is 0.207. The van der Waals surface area contributed by atoms with Crippen molar-refractivity contribution < 1.29 is 19.1 Å². The Bertz CT molecular complexity index is 981. The van der Waals surface area contributed by atoms with Gasteiger partial charge in [0.15, 0.2) is 5.17 Å². The molecule has 0 aromatic heterocycles. The van der Waals surface area contributed by atoms with E-state index in [1.807, 2.05) is 55.5 Å². The van der Waals surface area contributed by atoms with Crippen molar-refractivity contribution in [3.63, 3.8) is 0 Å². The Labute approximate surface area is 166 Å². The molecule has 0 radical (unpaired) electrons. The first-order valence-electron chi connectivity index (χ1n) is 8.28. The van der Waals surface area contributed by atoms with Crippen LogP contribution in [0.4, 0.5) is 0 Å². The average molecular weight is 395 g/mol. The maximum absolute atomic E-state index is 11.7. The summed E-state index contributed by atoms with van der Waals surface area (Å²) >= 11 is 1.02. The summed E-state index contributed by atoms with van der Waals surface area (Å²) in [5, 5.41) is 10.7. The number of nitrogens with one attached hydrogen (secondary N) is 1. The van der Waals surface area contributed by atoms with Crippen molar-refractivity contribution in [1.29, 1.82) is 0 Å². The van der Waals surface area contributed by atoms with Gasteiger partial charge in [0.05, 0.1) is 18.2 Å². The van der Waals surface area contributed by atoms with Crippen LogP contribution in [0.2, 0.25) is 0 Å². The van der Waals surface area contributed by atoms with Crippen LogP contribution >= 0.6 is 11.8 Å². The summed E-state index contributed by atoms with van der Waals surface area (Å²) in [4.78, 5) is 23.1. The van der Waals surface area contributed by atoms with Gasteiger partial charge in [0.1, 0.15) is 11.5 Å². The SMILES string of the molecule is COC(=O)/C=C1/S/C(=N\N=Cc2ccc(Oc3cccc(C)c3)cc2)NC1=O. The monoisotopic (exact) mass is 395 g/mol. The number of ether oxygens (including phenoxy) is 2. The summed E-state index contributed by atoms with van der Waals surface area (Å²) in [5.41, 5.74) is 1.95. The van der Waals surface area contributed by atoms with Gasteiger partial charge in [-0.1, -0.05) is 12.1 Å². The number of nitrogens with zero attached hydrogens (tertiary/aromatic N) is 2. The number of carbonyl (C=O) groups is 2. The lowest BCUT2D eigenvalue weighted by Gasteiger charge is -2.06. The van der Waals surface area contributed by atoms with Crippen molar-refractivity contribution in [1.82, 2.24) is 5.32 Å². The maximum Gasteiger partial charge on any atom is 0.331 e. The Kier molecular flexibility index (Phi) is 6.23. The minimum Gasteiger partial charge on any atom is -0.466 e. The van der Waals surface area contributed by atoms with Crippen LogP contribution in [0.5, 0.6) is 11.5 Å². The number of amides is 1. The van der Waals surface area contributed by atoms with Crippen LogP contribution in [-0.4, -0.2) is 30.4 Å². The van der Waals surface area contributed by atoms with Crippen molar-refractivity contribution in [2.75, 3.05) is 7.11 Å². The topological polar surface area (TPSA) is 89.3 Å². The second kappa shape index (κ2) is 9.01. The largest absolute Gasteiger partial charge is 0.466 e. The molecule has 1 aliphatic rings. The molecule has 1 amide bonds. The third-order valence-corrected chi connectivity index (χ3v) is 4.46. The van der Waals surface area contributed by atoms with Gasteiger partial charge in [-0.2, -0.15) is 5.10 Å². The lowest BCUT2D eigenvalue weighted by molar-refractivity contribution is -0.135. The molecule has 0 atom stereocenters. The number of methoxy groups -OCH3 is 1. The Morgan fingerprint density at radius 2 is 1.93 bits per heavy atom. The number of benzene rings is 2. The zero-order valence-electron chi connectivity index (χ0n) is 15.2. The van der Waals surface area contributed by atoms with Crippen LogP contribution in [0, 0.1) is 6.92 Å². The number of hydrogen-bond donors (Lipinski definition) is 1. The van der Waals surface area contributed by atoms with E-state index >= 15 is 0 Å². The van der Waals surface area contributed by atoms with E-state index in [2.05, 4.69) is 20.3 Å². The van der Waals surface area contributed by atoms with E-state index in [1.165, 1.54) is 7.11 Å². The van der Waals surface area contributed by atoms with Crippen LogP contribution in [0.3, 0.4) is 0 Å². The van der Waals surface area contributed by atoms with Crippen molar-refractivity contribution in [2.45, 2.75) is 6.92 Å². The molecule has 8 heteroatoms. The predicted octanol–water partition coefficient (Wildman–Crippen LogP) is 3.40. The van der Waals surface area contributed by atoms with E-state index in [4.69, 9.17) is 4.74 Å². The fraction of sp³-hybridized carbons (Fsp3) is 0.100. The number of carbonyl (C=O) groups excluding carboxylic acids is 2. The predicted molar refractivity (Wildman–Crippen MR) is 109 cm³/mol. The fourth-order valence-electron chi connectivity index (χ4n) is 2.23. The molecular weight excluding hydrogens is 378 g/mol. The number of rotatable bonds is 5. The highest BCUT2D eigenvalue weighted by Gasteiger charge is 2.24. The summed E-state index contributed by atoms with van der Waals surface area (Å²) in [6.07, 6.45) is 2.66. The van der Waals surface area contributed by atoms with Crippen molar-refractivity contribution in [2.24, 2.45) is 10.2 Å². The Balaban J connectivity index is 1.60. The number of amidine groups is 1. The first-order chi connectivity index (χ1) is 13.5. The number of aryl methyl sites for hydroxylation is 1. The summed E-state index contributed by atoms with van der Waals surface area (Å²) in [7, 11) is 1.24. The first-order valence-corrected chi connectivity index (χ1v) is 9.09. The molecule has 0 unspecified atom stereocenters. The third-order valence-electron chi connectivity index (χ3n) is 3.56. The average Bonchev–Trinajstić information content (AvgIpc) is 3.02. The maximum atomic E-state index is 11.7. The summed E-state index contributed by atoms with van der Waals surface area (Å²) in [5.74, 6) is 0.472. The quantitative estimate of drug-likeness (QED) is 0.363. The molecule has 7 nitrogen and oxygen atoms in total. The molecule has 2 aromatic rings. The summed E-state index contributed by atoms with van der Waals surface area (Å²) in [6.45, 7) is 2.01. The molecular formula is C20H17N3O4S. The molecule has 1 saturated heterocycles. The van der Waals surface area contributed by atoms with Gasteiger partial charge < -0.3 is 9.47 Å². The normalized spacial score (nSPS) is 16.6. The van der Waals surface area contributed by atoms with E-state index in [9.17, 15) is 9.59 Å². The van der Waals surface area contributed by atoms with Crippen LogP contribution in [0.25, 0.3) is 0 Å². The number of thioether (sulfide) groups is 1. The second-order valence-corrected chi connectivity index (χ2v) is 6.76. The molecule has 0 spiro atoms. The number of esters is 1. The highest BCUT2D eigenvalue weighted by molar-refractivity contribution is 8.18. The van der Waals surface area contributed by atoms with Crippen molar-refractivity contribution in [3.8, 4) is 11.5 Å². The van der Waals surface area contributed by atoms with Gasteiger partial charge in [-0.25, -0.2) is 4.79 Å². The standard InChI is InChI=1S/C20H17N3O4S/c1-13-4-3-5-16(10-13)27-15-8-6-14(7-9-15)12-21-23-20-22-19(25)17(28-20)11-18(24)26-2/h3-12H,1-2H3,(H,22,23,25)/b17-11+,21-12?. The molecule has 1 heterocycles. The van der Waals surface area contributed by atoms with Crippen LogP contribution < -0.4 is 10.1 Å². The Hall–Kier alpha value is -3.39. The molecule has 28 heavy (non-hydrogen) atoms. The van der Waals surface area contributed by atoms with Gasteiger partial charge in [0.25, 0.3) is 5.91 Å². The molecule has 0 aliphatic carbocycles. The highest BCUT2D eigenvalue weighted by Crippen LogP contribution is 2.24. The van der Waals surface area contributed by atoms with Gasteiger partial charge in [-0.15, -0.1) is 5.10 Å². The molecule has 0 bridgehead atoms. The van der Waals surface area contributed by atoms with E-state index in [0.29, 0.717) is 5.75 Å². The minimum atomic E-state index is -0.602. The second-order valence-electron chi connectivity index (χ2n) is 5.73. The molecule has 1 aliphatic heterocycles. The van der Waals surface area contributed by atoms with Gasteiger partial charge in [-0.05, 0) is 66.2 Å². The fourth-order valence-corrected chi connectivity index (χ4v) is 2.96. The van der Waals surface area contributed by atoms with E-state index in [0.717, 1.165) is 34.7 Å². The van der Waals surface area contributed by atoms with Gasteiger partial charge in [0, 0.05) is 6.08 Å². The van der Waals surface area contributed by atoms with E-state index < -0.39 is 11.9 Å². The smallest absolute Gasteiger partial charge is 0.331 e. The van der Waals surface area contributed by atoms with Gasteiger partial charge in [-0.3, -0.25) is 10.1 Å². The van der Waals surface area contributed by atoms with E-state index in [1.54, 1.807) is 6.21 Å². The van der Waals surface area contributed by atoms with Crippen molar-refractivity contribution >= 4 is 35.0 Å². The molecule has 1 fully saturated rings. The van der Waals surface area contributed by atoms with Crippen molar-refractivity contribution in [3.05, 3.63) is 70.6 Å². The molecule has 0 saturated carbocycles. The Morgan fingerprint density at radius 3 is 2.64 bits per heavy atom. The zero-order valence-corrected chi connectivity index (χ0v) is 16.0. The lowest BCUT2D eigenvalue weighted by Crippen LogP contribution is -2.19. The lowest BCUT2D eigenvalue weighted by atomic mass is 10.2. The molecule has 2 aromatic carbocycles. The van der Waals surface area contributed by atoms with Gasteiger partial charge in [0.2, 0.25) is 0 Å². The molecule has 142 valence electrons. The van der Waals surface area contributed by atoms with Crippen LogP contribution in [-0.2, 0) is 14.3 Å². The first kappa shape index (κ1) is 19.4. The summed E-state index contributed by atoms with van der Waals surface area (Å²) in [6, 6.07) is 15.2. The molecule has 3 rings (SSSR count). The van der Waals surface area contributed by atoms with Crippen LogP contribution in [0.1, 0.15) is 11.1 Å². The summed E-state index contributed by atoms with van der Waals surface area (Å²) < 4.78 is 10.3. The zero-order chi connectivity index (χ0) is 19.9. The Morgan fingerprint density at radius 1 is 1.14 bits per heavy atom. The van der Waals surface area contributed by atoms with Crippen LogP contribution in [0.15, 0.2) is 69.7 Å². The van der Waals surface area contributed by atoms with Gasteiger partial charge >= 0.3 is 5.97 Å². The number of hydrogen-bond acceptors (Lipinski definition) is 7. The third kappa shape index (κ3) is 5.31. The molecule has 1 N–H and O–H groups in total. The van der Waals surface area contributed by atoms with E-state index in [-0.39, 0.29) is 10.1 Å². The highest BCUT2D eigenvalue weighted by atomic mass is 32.2.